The lowest BCUT2D eigenvalue weighted by Gasteiger charge is -2.31. The Bertz CT molecular complexity index is 1120. The summed E-state index contributed by atoms with van der Waals surface area (Å²) in [5.41, 5.74) is 1.40. The van der Waals surface area contributed by atoms with E-state index in [-0.39, 0.29) is 6.09 Å². The second-order valence-corrected chi connectivity index (χ2v) is 10.0. The highest BCUT2D eigenvalue weighted by atomic mass is 32.1. The Morgan fingerprint density at radius 1 is 1.10 bits per heavy atom. The van der Waals surface area contributed by atoms with Crippen LogP contribution in [0.2, 0.25) is 0 Å². The van der Waals surface area contributed by atoms with Crippen LogP contribution in [0, 0.1) is 0 Å². The van der Waals surface area contributed by atoms with Crippen LogP contribution >= 0.6 is 11.3 Å². The predicted octanol–water partition coefficient (Wildman–Crippen LogP) is 4.39. The van der Waals surface area contributed by atoms with Crippen molar-refractivity contribution in [1.82, 2.24) is 24.9 Å². The summed E-state index contributed by atoms with van der Waals surface area (Å²) >= 11 is 1.74. The number of carbonyl (C=O) groups excluding carboxylic acids is 1. The third-order valence-corrected chi connectivity index (χ3v) is 6.65. The molecule has 0 spiro atoms. The standard InChI is InChI=1S/C22H26N6O2S/c1-22(2,3)30-21(29)28-12-6-11-27(28)19-17-14-7-4-5-8-16(14)31-20(17)26-18(25-19)15-13-23-9-10-24-15/h9-10,13H,4-8,11-12H2,1-3H3. The molecule has 9 heteroatoms. The van der Waals surface area contributed by atoms with Crippen LogP contribution in [-0.4, -0.2) is 49.7 Å². The summed E-state index contributed by atoms with van der Waals surface area (Å²) in [6, 6.07) is 0. The van der Waals surface area contributed by atoms with E-state index in [0.717, 1.165) is 35.3 Å². The summed E-state index contributed by atoms with van der Waals surface area (Å²) in [6.07, 6.45) is 9.94. The maximum Gasteiger partial charge on any atom is 0.429 e. The van der Waals surface area contributed by atoms with Crippen molar-refractivity contribution in [3.63, 3.8) is 0 Å². The highest BCUT2D eigenvalue weighted by Gasteiger charge is 2.34. The van der Waals surface area contributed by atoms with Gasteiger partial charge in [0.05, 0.1) is 11.6 Å². The van der Waals surface area contributed by atoms with Crippen LogP contribution < -0.4 is 5.01 Å². The minimum atomic E-state index is -0.557. The van der Waals surface area contributed by atoms with E-state index < -0.39 is 5.60 Å². The van der Waals surface area contributed by atoms with Gasteiger partial charge in [0, 0.05) is 30.4 Å². The summed E-state index contributed by atoms with van der Waals surface area (Å²) in [7, 11) is 0. The van der Waals surface area contributed by atoms with Gasteiger partial charge < -0.3 is 4.74 Å². The summed E-state index contributed by atoms with van der Waals surface area (Å²) < 4.78 is 5.68. The van der Waals surface area contributed by atoms with E-state index >= 15 is 0 Å². The molecule has 0 saturated carbocycles. The molecule has 0 radical (unpaired) electrons. The highest BCUT2D eigenvalue weighted by Crippen LogP contribution is 2.41. The monoisotopic (exact) mass is 438 g/mol. The first-order chi connectivity index (χ1) is 14.9. The van der Waals surface area contributed by atoms with Gasteiger partial charge in [-0.1, -0.05) is 0 Å². The molecule has 1 aliphatic heterocycles. The number of carbonyl (C=O) groups is 1. The number of amides is 1. The first-order valence-electron chi connectivity index (χ1n) is 10.8. The van der Waals surface area contributed by atoms with E-state index in [1.165, 1.54) is 23.3 Å². The van der Waals surface area contributed by atoms with Gasteiger partial charge in [-0.25, -0.2) is 24.8 Å². The Morgan fingerprint density at radius 2 is 1.94 bits per heavy atom. The van der Waals surface area contributed by atoms with Crippen LogP contribution in [0.4, 0.5) is 10.6 Å². The summed E-state index contributed by atoms with van der Waals surface area (Å²) in [6.45, 7) is 6.96. The molecule has 0 atom stereocenters. The second-order valence-electron chi connectivity index (χ2n) is 8.93. The lowest BCUT2D eigenvalue weighted by molar-refractivity contribution is 0.0273. The average molecular weight is 439 g/mol. The zero-order chi connectivity index (χ0) is 21.6. The third-order valence-electron chi connectivity index (χ3n) is 5.47. The van der Waals surface area contributed by atoms with Gasteiger partial charge in [-0.05, 0) is 58.4 Å². The minimum absolute atomic E-state index is 0.345. The molecule has 3 aromatic heterocycles. The van der Waals surface area contributed by atoms with Gasteiger partial charge in [-0.15, -0.1) is 11.3 Å². The van der Waals surface area contributed by atoms with Gasteiger partial charge >= 0.3 is 6.09 Å². The predicted molar refractivity (Wildman–Crippen MR) is 120 cm³/mol. The number of hydrogen-bond acceptors (Lipinski definition) is 8. The molecule has 0 unspecified atom stereocenters. The third kappa shape index (κ3) is 3.82. The lowest BCUT2D eigenvalue weighted by atomic mass is 9.97. The largest absolute Gasteiger partial charge is 0.442 e. The normalized spacial score (nSPS) is 16.6. The molecule has 1 aliphatic carbocycles. The summed E-state index contributed by atoms with van der Waals surface area (Å²) in [5, 5.41) is 4.72. The number of hydrogen-bond donors (Lipinski definition) is 0. The van der Waals surface area contributed by atoms with Gasteiger partial charge in [-0.3, -0.25) is 9.99 Å². The number of nitrogens with zero attached hydrogens (tertiary/aromatic N) is 6. The zero-order valence-corrected chi connectivity index (χ0v) is 18.9. The molecule has 0 N–H and O–H groups in total. The van der Waals surface area contributed by atoms with Crippen LogP contribution in [0.15, 0.2) is 18.6 Å². The molecule has 0 aromatic carbocycles. The minimum Gasteiger partial charge on any atom is -0.442 e. The van der Waals surface area contributed by atoms with Crippen molar-refractivity contribution in [3.8, 4) is 11.5 Å². The van der Waals surface area contributed by atoms with Crippen LogP contribution in [0.25, 0.3) is 21.7 Å². The Labute approximate surface area is 185 Å². The number of anilines is 1. The van der Waals surface area contributed by atoms with Crippen LogP contribution in [0.1, 0.15) is 50.5 Å². The van der Waals surface area contributed by atoms with Gasteiger partial charge in [0.15, 0.2) is 11.6 Å². The van der Waals surface area contributed by atoms with Gasteiger partial charge in [0.25, 0.3) is 0 Å². The molecule has 1 fully saturated rings. The molecule has 3 aromatic rings. The van der Waals surface area contributed by atoms with Gasteiger partial charge in [0.1, 0.15) is 16.1 Å². The summed E-state index contributed by atoms with van der Waals surface area (Å²) in [5.74, 6) is 1.30. The highest BCUT2D eigenvalue weighted by molar-refractivity contribution is 7.19. The van der Waals surface area contributed by atoms with Crippen molar-refractivity contribution in [2.75, 3.05) is 18.1 Å². The van der Waals surface area contributed by atoms with E-state index in [1.54, 1.807) is 34.9 Å². The molecule has 31 heavy (non-hydrogen) atoms. The maximum absolute atomic E-state index is 13.0. The van der Waals surface area contributed by atoms with Gasteiger partial charge in [-0.2, -0.15) is 0 Å². The van der Waals surface area contributed by atoms with Crippen molar-refractivity contribution >= 4 is 33.5 Å². The van der Waals surface area contributed by atoms with E-state index in [4.69, 9.17) is 14.7 Å². The average Bonchev–Trinajstić information content (AvgIpc) is 3.37. The smallest absolute Gasteiger partial charge is 0.429 e. The molecule has 1 amide bonds. The number of rotatable bonds is 2. The number of aryl methyl sites for hydroxylation is 2. The number of ether oxygens (including phenoxy) is 1. The maximum atomic E-state index is 13.0. The Morgan fingerprint density at radius 3 is 2.71 bits per heavy atom. The second kappa shape index (κ2) is 7.71. The lowest BCUT2D eigenvalue weighted by Crippen LogP contribution is -2.44. The summed E-state index contributed by atoms with van der Waals surface area (Å²) in [4.78, 5) is 33.7. The van der Waals surface area contributed by atoms with E-state index in [2.05, 4.69) is 9.97 Å². The fraction of sp³-hybridized carbons (Fsp3) is 0.500. The van der Waals surface area contributed by atoms with Crippen molar-refractivity contribution in [1.29, 1.82) is 0 Å². The van der Waals surface area contributed by atoms with Crippen LogP contribution in [-0.2, 0) is 17.6 Å². The molecular formula is C22H26N6O2S. The van der Waals surface area contributed by atoms with Gasteiger partial charge in [0.2, 0.25) is 0 Å². The Hall–Kier alpha value is -2.81. The molecule has 0 bridgehead atoms. The van der Waals surface area contributed by atoms with Crippen molar-refractivity contribution in [2.24, 2.45) is 0 Å². The quantitative estimate of drug-likeness (QED) is 0.587. The fourth-order valence-electron chi connectivity index (χ4n) is 4.19. The van der Waals surface area contributed by atoms with Crippen LogP contribution in [0.5, 0.6) is 0 Å². The topological polar surface area (TPSA) is 84.3 Å². The molecular weight excluding hydrogens is 412 g/mol. The molecule has 5 rings (SSSR count). The van der Waals surface area contributed by atoms with Crippen molar-refractivity contribution in [3.05, 3.63) is 29.0 Å². The van der Waals surface area contributed by atoms with E-state index in [9.17, 15) is 4.79 Å². The van der Waals surface area contributed by atoms with E-state index in [0.29, 0.717) is 24.6 Å². The number of hydrazine groups is 1. The molecule has 8 nitrogen and oxygen atoms in total. The first-order valence-corrected chi connectivity index (χ1v) is 11.6. The van der Waals surface area contributed by atoms with E-state index in [1.807, 2.05) is 25.8 Å². The first kappa shape index (κ1) is 20.1. The molecule has 2 aliphatic rings. The number of aromatic nitrogens is 4. The van der Waals surface area contributed by atoms with Crippen molar-refractivity contribution < 1.29 is 9.53 Å². The SMILES string of the molecule is CC(C)(C)OC(=O)N1CCCN1c1nc(-c2cnccn2)nc2sc3c(c12)CCCC3. The van der Waals surface area contributed by atoms with Crippen molar-refractivity contribution in [2.45, 2.75) is 58.5 Å². The fourth-order valence-corrected chi connectivity index (χ4v) is 5.45. The molecule has 1 saturated heterocycles. The Balaban J connectivity index is 1.65. The zero-order valence-electron chi connectivity index (χ0n) is 18.1. The molecule has 162 valence electrons. The van der Waals surface area contributed by atoms with Crippen LogP contribution in [0.3, 0.4) is 0 Å². The molecule has 4 heterocycles. The number of thiophene rings is 1. The number of fused-ring (bicyclic) bond motifs is 3. The Kier molecular flexibility index (Phi) is 5.00.